The van der Waals surface area contributed by atoms with E-state index in [0.29, 0.717) is 13.1 Å². The highest BCUT2D eigenvalue weighted by atomic mass is 16.3. The van der Waals surface area contributed by atoms with Crippen molar-refractivity contribution in [3.63, 3.8) is 0 Å². The second kappa shape index (κ2) is 9.76. The smallest absolute Gasteiger partial charge is 0.0607 e. The minimum Gasteiger partial charge on any atom is -0.395 e. The monoisotopic (exact) mass is 285 g/mol. The van der Waals surface area contributed by atoms with E-state index in [1.807, 2.05) is 6.07 Å². The third kappa shape index (κ3) is 5.91. The summed E-state index contributed by atoms with van der Waals surface area (Å²) < 4.78 is 0. The summed E-state index contributed by atoms with van der Waals surface area (Å²) in [5.74, 6) is 0. The standard InChI is InChI=1S/C13H23N3O4/c17-6-12(7-18)15-4-10-1-11(3-14-2-10)5-16-13(8-19)9-20/h1-3,12-13,15-20H,4-9H2. The number of hydrogen-bond acceptors (Lipinski definition) is 7. The van der Waals surface area contributed by atoms with E-state index in [-0.39, 0.29) is 38.5 Å². The Hall–Kier alpha value is -1.09. The molecule has 0 unspecified atom stereocenters. The molecular weight excluding hydrogens is 262 g/mol. The van der Waals surface area contributed by atoms with Crippen molar-refractivity contribution in [2.45, 2.75) is 25.2 Å². The molecule has 6 N–H and O–H groups in total. The highest BCUT2D eigenvalue weighted by Crippen LogP contribution is 2.03. The molecule has 0 spiro atoms. The van der Waals surface area contributed by atoms with Crippen LogP contribution >= 0.6 is 0 Å². The fourth-order valence-electron chi connectivity index (χ4n) is 1.63. The van der Waals surface area contributed by atoms with Crippen LogP contribution in [0.2, 0.25) is 0 Å². The van der Waals surface area contributed by atoms with Crippen LogP contribution < -0.4 is 10.6 Å². The molecule has 20 heavy (non-hydrogen) atoms. The predicted molar refractivity (Wildman–Crippen MR) is 73.8 cm³/mol. The first-order valence-electron chi connectivity index (χ1n) is 6.56. The summed E-state index contributed by atoms with van der Waals surface area (Å²) in [4.78, 5) is 4.11. The van der Waals surface area contributed by atoms with Gasteiger partial charge >= 0.3 is 0 Å². The van der Waals surface area contributed by atoms with Gasteiger partial charge in [0.15, 0.2) is 0 Å². The van der Waals surface area contributed by atoms with Gasteiger partial charge < -0.3 is 31.1 Å². The molecule has 0 aromatic carbocycles. The number of pyridine rings is 1. The Morgan fingerprint density at radius 1 is 0.800 bits per heavy atom. The van der Waals surface area contributed by atoms with Gasteiger partial charge in [-0.15, -0.1) is 0 Å². The number of hydrogen-bond donors (Lipinski definition) is 6. The zero-order chi connectivity index (χ0) is 14.8. The molecule has 114 valence electrons. The van der Waals surface area contributed by atoms with Crippen LogP contribution in [0.25, 0.3) is 0 Å². The topological polar surface area (TPSA) is 118 Å². The van der Waals surface area contributed by atoms with Crippen LogP contribution in [0.4, 0.5) is 0 Å². The molecule has 0 radical (unpaired) electrons. The van der Waals surface area contributed by atoms with E-state index >= 15 is 0 Å². The number of nitrogens with one attached hydrogen (secondary N) is 2. The minimum absolute atomic E-state index is 0.125. The quantitative estimate of drug-likeness (QED) is 0.293. The normalized spacial score (nSPS) is 11.5. The zero-order valence-electron chi connectivity index (χ0n) is 11.4. The van der Waals surface area contributed by atoms with Crippen LogP contribution in [0.5, 0.6) is 0 Å². The van der Waals surface area contributed by atoms with Gasteiger partial charge in [0.25, 0.3) is 0 Å². The maximum atomic E-state index is 8.96. The van der Waals surface area contributed by atoms with E-state index in [9.17, 15) is 0 Å². The largest absolute Gasteiger partial charge is 0.395 e. The average molecular weight is 285 g/mol. The van der Waals surface area contributed by atoms with Crippen molar-refractivity contribution in [3.8, 4) is 0 Å². The van der Waals surface area contributed by atoms with Crippen LogP contribution in [0, 0.1) is 0 Å². The molecular formula is C13H23N3O4. The molecule has 0 atom stereocenters. The molecule has 7 nitrogen and oxygen atoms in total. The first-order valence-corrected chi connectivity index (χ1v) is 6.56. The SMILES string of the molecule is OCC(CO)NCc1cncc(CNC(CO)CO)c1. The molecule has 1 aromatic heterocycles. The molecule has 0 saturated heterocycles. The van der Waals surface area contributed by atoms with Crippen molar-refractivity contribution in [2.24, 2.45) is 0 Å². The maximum Gasteiger partial charge on any atom is 0.0607 e. The van der Waals surface area contributed by atoms with E-state index < -0.39 is 0 Å². The number of rotatable bonds is 10. The fourth-order valence-corrected chi connectivity index (χ4v) is 1.63. The molecule has 0 bridgehead atoms. The first kappa shape index (κ1) is 17.0. The average Bonchev–Trinajstić information content (AvgIpc) is 2.50. The summed E-state index contributed by atoms with van der Waals surface area (Å²) >= 11 is 0. The molecule has 0 fully saturated rings. The molecule has 0 saturated carbocycles. The molecule has 1 aromatic rings. The summed E-state index contributed by atoms with van der Waals surface area (Å²) in [6.07, 6.45) is 3.41. The van der Waals surface area contributed by atoms with E-state index in [4.69, 9.17) is 20.4 Å². The van der Waals surface area contributed by atoms with E-state index in [0.717, 1.165) is 11.1 Å². The summed E-state index contributed by atoms with van der Waals surface area (Å²) in [6, 6.07) is 1.25. The predicted octanol–water partition coefficient (Wildman–Crippen LogP) is -2.03. The molecule has 0 aliphatic carbocycles. The fraction of sp³-hybridized carbons (Fsp3) is 0.615. The summed E-state index contributed by atoms with van der Waals surface area (Å²) in [6.45, 7) is 0.492. The van der Waals surface area contributed by atoms with Crippen molar-refractivity contribution >= 4 is 0 Å². The van der Waals surface area contributed by atoms with Gasteiger partial charge in [0.1, 0.15) is 0 Å². The lowest BCUT2D eigenvalue weighted by atomic mass is 10.2. The number of aromatic nitrogens is 1. The van der Waals surface area contributed by atoms with Gasteiger partial charge in [0.05, 0.1) is 38.5 Å². The molecule has 0 amide bonds. The maximum absolute atomic E-state index is 8.96. The summed E-state index contributed by atoms with van der Waals surface area (Å²) in [5.41, 5.74) is 1.86. The number of aliphatic hydroxyl groups is 4. The van der Waals surface area contributed by atoms with Gasteiger partial charge in [-0.2, -0.15) is 0 Å². The van der Waals surface area contributed by atoms with E-state index in [2.05, 4.69) is 15.6 Å². The van der Waals surface area contributed by atoms with Crippen LogP contribution in [0.3, 0.4) is 0 Å². The van der Waals surface area contributed by atoms with Crippen molar-refractivity contribution in [3.05, 3.63) is 29.6 Å². The Morgan fingerprint density at radius 2 is 1.20 bits per heavy atom. The lowest BCUT2D eigenvalue weighted by molar-refractivity contribution is 0.170. The van der Waals surface area contributed by atoms with Crippen molar-refractivity contribution in [2.75, 3.05) is 26.4 Å². The Balaban J connectivity index is 2.48. The molecule has 0 aliphatic rings. The highest BCUT2D eigenvalue weighted by molar-refractivity contribution is 5.18. The van der Waals surface area contributed by atoms with E-state index in [1.54, 1.807) is 12.4 Å². The van der Waals surface area contributed by atoms with Crippen LogP contribution in [-0.4, -0.2) is 63.9 Å². The zero-order valence-corrected chi connectivity index (χ0v) is 11.4. The lowest BCUT2D eigenvalue weighted by Gasteiger charge is -2.15. The van der Waals surface area contributed by atoms with Gasteiger partial charge in [-0.05, 0) is 11.1 Å². The summed E-state index contributed by atoms with van der Waals surface area (Å²) in [5, 5.41) is 41.9. The van der Waals surface area contributed by atoms with Crippen LogP contribution in [0.15, 0.2) is 18.5 Å². The second-order valence-corrected chi connectivity index (χ2v) is 4.59. The Kier molecular flexibility index (Phi) is 8.28. The third-order valence-corrected chi connectivity index (χ3v) is 2.92. The first-order chi connectivity index (χ1) is 9.73. The van der Waals surface area contributed by atoms with Gasteiger partial charge in [0.2, 0.25) is 0 Å². The molecule has 0 aliphatic heterocycles. The number of nitrogens with zero attached hydrogens (tertiary/aromatic N) is 1. The van der Waals surface area contributed by atoms with Gasteiger partial charge in [-0.3, -0.25) is 4.98 Å². The van der Waals surface area contributed by atoms with Crippen molar-refractivity contribution < 1.29 is 20.4 Å². The van der Waals surface area contributed by atoms with Gasteiger partial charge in [-0.25, -0.2) is 0 Å². The Morgan fingerprint density at radius 3 is 1.55 bits per heavy atom. The van der Waals surface area contributed by atoms with Gasteiger partial charge in [-0.1, -0.05) is 6.07 Å². The highest BCUT2D eigenvalue weighted by Gasteiger charge is 2.07. The van der Waals surface area contributed by atoms with E-state index in [1.165, 1.54) is 0 Å². The lowest BCUT2D eigenvalue weighted by Crippen LogP contribution is -2.35. The van der Waals surface area contributed by atoms with Crippen LogP contribution in [-0.2, 0) is 13.1 Å². The second-order valence-electron chi connectivity index (χ2n) is 4.59. The summed E-state index contributed by atoms with van der Waals surface area (Å²) in [7, 11) is 0. The number of aliphatic hydroxyl groups excluding tert-OH is 4. The van der Waals surface area contributed by atoms with Crippen LogP contribution in [0.1, 0.15) is 11.1 Å². The third-order valence-electron chi connectivity index (χ3n) is 2.92. The molecule has 1 heterocycles. The Bertz CT molecular complexity index is 339. The Labute approximate surface area is 118 Å². The van der Waals surface area contributed by atoms with Crippen molar-refractivity contribution in [1.82, 2.24) is 15.6 Å². The van der Waals surface area contributed by atoms with Crippen molar-refractivity contribution in [1.29, 1.82) is 0 Å². The van der Waals surface area contributed by atoms with Gasteiger partial charge in [0, 0.05) is 25.5 Å². The molecule has 1 rings (SSSR count). The molecule has 7 heteroatoms. The minimum atomic E-state index is -0.343.